The van der Waals surface area contributed by atoms with Gasteiger partial charge in [0.15, 0.2) is 6.61 Å². The summed E-state index contributed by atoms with van der Waals surface area (Å²) in [6.07, 6.45) is 0.941. The van der Waals surface area contributed by atoms with E-state index in [1.165, 1.54) is 0 Å². The third kappa shape index (κ3) is 5.76. The number of carbonyl (C=O) groups excluding carboxylic acids is 2. The number of anilines is 1. The van der Waals surface area contributed by atoms with E-state index >= 15 is 0 Å². The summed E-state index contributed by atoms with van der Waals surface area (Å²) in [7, 11) is 0. The lowest BCUT2D eigenvalue weighted by Gasteiger charge is -2.10. The fraction of sp³-hybridized carbons (Fsp3) is 0.263. The first kappa shape index (κ1) is 19.3. The van der Waals surface area contributed by atoms with Crippen molar-refractivity contribution in [2.45, 2.75) is 20.3 Å². The maximum absolute atomic E-state index is 12.0. The Morgan fingerprint density at radius 1 is 1.04 bits per heavy atom. The normalized spacial score (nSPS) is 10.6. The second-order valence-electron chi connectivity index (χ2n) is 6.02. The summed E-state index contributed by atoms with van der Waals surface area (Å²) in [6.45, 7) is 3.84. The number of nitrogens with one attached hydrogen (secondary N) is 1. The van der Waals surface area contributed by atoms with Crippen molar-refractivity contribution in [3.8, 4) is 0 Å². The van der Waals surface area contributed by atoms with Crippen LogP contribution in [0.15, 0.2) is 42.5 Å². The zero-order valence-electron chi connectivity index (χ0n) is 14.0. The summed E-state index contributed by atoms with van der Waals surface area (Å²) < 4.78 is 5.03. The molecule has 2 aromatic carbocycles. The maximum Gasteiger partial charge on any atom is 0.338 e. The van der Waals surface area contributed by atoms with Crippen LogP contribution in [0.1, 0.15) is 29.8 Å². The number of esters is 1. The lowest BCUT2D eigenvalue weighted by atomic mass is 10.0. The number of hydrogen-bond donors (Lipinski definition) is 1. The molecular weight excluding hydrogens is 361 g/mol. The number of ether oxygens (including phenoxy) is 1. The molecule has 132 valence electrons. The highest BCUT2D eigenvalue weighted by Crippen LogP contribution is 2.29. The van der Waals surface area contributed by atoms with E-state index in [9.17, 15) is 9.59 Å². The first-order valence-electron chi connectivity index (χ1n) is 7.86. The molecule has 0 aliphatic carbocycles. The molecule has 1 N–H and O–H groups in total. The second-order valence-corrected chi connectivity index (χ2v) is 6.83. The minimum Gasteiger partial charge on any atom is -0.452 e. The summed E-state index contributed by atoms with van der Waals surface area (Å²) in [5.74, 6) is -0.533. The number of benzene rings is 2. The molecule has 0 saturated heterocycles. The molecular formula is C19H19Cl2NO3. The smallest absolute Gasteiger partial charge is 0.338 e. The summed E-state index contributed by atoms with van der Waals surface area (Å²) in [5, 5.41) is 3.16. The third-order valence-corrected chi connectivity index (χ3v) is 4.03. The van der Waals surface area contributed by atoms with Crippen molar-refractivity contribution in [1.29, 1.82) is 0 Å². The van der Waals surface area contributed by atoms with E-state index in [1.54, 1.807) is 30.3 Å². The van der Waals surface area contributed by atoms with Gasteiger partial charge in [0.1, 0.15) is 0 Å². The van der Waals surface area contributed by atoms with Crippen molar-refractivity contribution >= 4 is 40.8 Å². The van der Waals surface area contributed by atoms with Crippen molar-refractivity contribution < 1.29 is 14.3 Å². The fourth-order valence-electron chi connectivity index (χ4n) is 2.26. The van der Waals surface area contributed by atoms with Crippen LogP contribution in [0.2, 0.25) is 10.0 Å². The van der Waals surface area contributed by atoms with Gasteiger partial charge in [-0.05, 0) is 42.2 Å². The highest BCUT2D eigenvalue weighted by Gasteiger charge is 2.13. The number of amides is 1. The van der Waals surface area contributed by atoms with Gasteiger partial charge >= 0.3 is 5.97 Å². The molecule has 0 aliphatic heterocycles. The van der Waals surface area contributed by atoms with E-state index in [2.05, 4.69) is 19.2 Å². The molecule has 2 rings (SSSR count). The molecule has 0 atom stereocenters. The van der Waals surface area contributed by atoms with Crippen LogP contribution >= 0.6 is 23.2 Å². The Hall–Kier alpha value is -2.04. The average Bonchev–Trinajstić information content (AvgIpc) is 2.56. The van der Waals surface area contributed by atoms with Gasteiger partial charge in [0, 0.05) is 0 Å². The van der Waals surface area contributed by atoms with Gasteiger partial charge in [0.05, 0.1) is 21.3 Å². The van der Waals surface area contributed by atoms with Crippen molar-refractivity contribution in [1.82, 2.24) is 0 Å². The van der Waals surface area contributed by atoms with E-state index in [-0.39, 0.29) is 0 Å². The fourth-order valence-corrected chi connectivity index (χ4v) is 2.75. The predicted octanol–water partition coefficient (Wildman–Crippen LogP) is 4.99. The monoisotopic (exact) mass is 379 g/mol. The standard InChI is InChI=1S/C19H19Cl2NO3/c1-12(2)10-13-6-8-14(9-7-13)19(24)25-11-17(23)22-18-15(20)4-3-5-16(18)21/h3-9,12H,10-11H2,1-2H3,(H,22,23). The van der Waals surface area contributed by atoms with Gasteiger partial charge in [-0.15, -0.1) is 0 Å². The topological polar surface area (TPSA) is 55.4 Å². The van der Waals surface area contributed by atoms with Crippen LogP contribution in [0, 0.1) is 5.92 Å². The van der Waals surface area contributed by atoms with E-state index in [0.29, 0.717) is 27.2 Å². The molecule has 0 bridgehead atoms. The van der Waals surface area contributed by atoms with Crippen LogP contribution in [0.4, 0.5) is 5.69 Å². The van der Waals surface area contributed by atoms with Gasteiger partial charge in [0.2, 0.25) is 0 Å². The highest BCUT2D eigenvalue weighted by atomic mass is 35.5. The van der Waals surface area contributed by atoms with E-state index in [0.717, 1.165) is 12.0 Å². The Bertz CT molecular complexity index is 738. The van der Waals surface area contributed by atoms with E-state index in [4.69, 9.17) is 27.9 Å². The number of halogens is 2. The summed E-state index contributed by atoms with van der Waals surface area (Å²) in [6, 6.07) is 12.1. The summed E-state index contributed by atoms with van der Waals surface area (Å²) >= 11 is 12.0. The van der Waals surface area contributed by atoms with Crippen molar-refractivity contribution in [3.63, 3.8) is 0 Å². The molecule has 0 aliphatic rings. The number of para-hydroxylation sites is 1. The molecule has 0 unspecified atom stereocenters. The molecule has 0 aromatic heterocycles. The molecule has 0 saturated carbocycles. The van der Waals surface area contributed by atoms with Crippen LogP contribution in [-0.2, 0) is 16.0 Å². The largest absolute Gasteiger partial charge is 0.452 e. The van der Waals surface area contributed by atoms with Crippen LogP contribution < -0.4 is 5.32 Å². The first-order valence-corrected chi connectivity index (χ1v) is 8.62. The van der Waals surface area contributed by atoms with Crippen LogP contribution in [-0.4, -0.2) is 18.5 Å². The van der Waals surface area contributed by atoms with Gasteiger partial charge < -0.3 is 10.1 Å². The maximum atomic E-state index is 12.0. The second kappa shape index (κ2) is 8.88. The van der Waals surface area contributed by atoms with E-state index in [1.807, 2.05) is 12.1 Å². The van der Waals surface area contributed by atoms with Gasteiger partial charge in [0.25, 0.3) is 5.91 Å². The molecule has 2 aromatic rings. The lowest BCUT2D eigenvalue weighted by Crippen LogP contribution is -2.21. The van der Waals surface area contributed by atoms with Crippen LogP contribution in [0.5, 0.6) is 0 Å². The Morgan fingerprint density at radius 2 is 1.64 bits per heavy atom. The molecule has 6 heteroatoms. The molecule has 25 heavy (non-hydrogen) atoms. The van der Waals surface area contributed by atoms with Gasteiger partial charge in [-0.3, -0.25) is 4.79 Å². The van der Waals surface area contributed by atoms with Gasteiger partial charge in [-0.2, -0.15) is 0 Å². The lowest BCUT2D eigenvalue weighted by molar-refractivity contribution is -0.119. The summed E-state index contributed by atoms with van der Waals surface area (Å²) in [5.41, 5.74) is 1.85. The Labute approximate surface area is 157 Å². The molecule has 0 heterocycles. The Balaban J connectivity index is 1.90. The Morgan fingerprint density at radius 3 is 2.20 bits per heavy atom. The Kier molecular flexibility index (Phi) is 6.85. The number of rotatable bonds is 6. The number of hydrogen-bond acceptors (Lipinski definition) is 3. The van der Waals surface area contributed by atoms with Gasteiger partial charge in [-0.25, -0.2) is 4.79 Å². The zero-order valence-corrected chi connectivity index (χ0v) is 15.5. The molecule has 0 spiro atoms. The quantitative estimate of drug-likeness (QED) is 0.719. The highest BCUT2D eigenvalue weighted by molar-refractivity contribution is 6.39. The molecule has 0 radical (unpaired) electrons. The van der Waals surface area contributed by atoms with Crippen LogP contribution in [0.25, 0.3) is 0 Å². The first-order chi connectivity index (χ1) is 11.9. The zero-order chi connectivity index (χ0) is 18.4. The van der Waals surface area contributed by atoms with Crippen molar-refractivity contribution in [2.24, 2.45) is 5.92 Å². The van der Waals surface area contributed by atoms with E-state index < -0.39 is 18.5 Å². The average molecular weight is 380 g/mol. The number of carbonyl (C=O) groups is 2. The minimum atomic E-state index is -0.559. The SMILES string of the molecule is CC(C)Cc1ccc(C(=O)OCC(=O)Nc2c(Cl)cccc2Cl)cc1. The molecule has 1 amide bonds. The van der Waals surface area contributed by atoms with Crippen LogP contribution in [0.3, 0.4) is 0 Å². The molecule has 0 fully saturated rings. The van der Waals surface area contributed by atoms with Crippen molar-refractivity contribution in [2.75, 3.05) is 11.9 Å². The predicted molar refractivity (Wildman–Crippen MR) is 100 cm³/mol. The molecule has 4 nitrogen and oxygen atoms in total. The van der Waals surface area contributed by atoms with Gasteiger partial charge in [-0.1, -0.05) is 55.2 Å². The third-order valence-electron chi connectivity index (χ3n) is 3.40. The van der Waals surface area contributed by atoms with Crippen molar-refractivity contribution in [3.05, 3.63) is 63.6 Å². The minimum absolute atomic E-state index is 0.296. The summed E-state index contributed by atoms with van der Waals surface area (Å²) in [4.78, 5) is 23.9.